The molecule has 2 aromatic rings. The summed E-state index contributed by atoms with van der Waals surface area (Å²) >= 11 is 0. The number of anilines is 1. The molecule has 1 heterocycles. The molecule has 2 rings (SSSR count). The van der Waals surface area contributed by atoms with Gasteiger partial charge in [0.1, 0.15) is 0 Å². The van der Waals surface area contributed by atoms with Gasteiger partial charge in [-0.25, -0.2) is 13.1 Å². The number of nitrogens with two attached hydrogens (primary N) is 1. The Bertz CT molecular complexity index is 852. The van der Waals surface area contributed by atoms with Crippen LogP contribution in [0.25, 0.3) is 5.69 Å². The maximum atomic E-state index is 12.6. The van der Waals surface area contributed by atoms with Crippen molar-refractivity contribution < 1.29 is 13.2 Å². The van der Waals surface area contributed by atoms with Crippen LogP contribution in [0, 0.1) is 5.41 Å². The van der Waals surface area contributed by atoms with Gasteiger partial charge in [-0.2, -0.15) is 5.10 Å². The molecule has 0 saturated heterocycles. The molecule has 0 aliphatic heterocycles. The second kappa shape index (κ2) is 8.66. The van der Waals surface area contributed by atoms with E-state index in [4.69, 9.17) is 5.73 Å². The highest BCUT2D eigenvalue weighted by Gasteiger charge is 2.33. The van der Waals surface area contributed by atoms with Gasteiger partial charge >= 0.3 is 0 Å². The molecule has 0 unspecified atom stereocenters. The van der Waals surface area contributed by atoms with E-state index in [0.29, 0.717) is 24.2 Å². The van der Waals surface area contributed by atoms with Crippen molar-refractivity contribution in [2.45, 2.75) is 31.6 Å². The number of aromatic nitrogens is 2. The van der Waals surface area contributed by atoms with Crippen LogP contribution < -0.4 is 11.1 Å². The van der Waals surface area contributed by atoms with E-state index in [9.17, 15) is 13.2 Å². The van der Waals surface area contributed by atoms with Crippen LogP contribution in [0.4, 0.5) is 5.69 Å². The number of halogens is 1. The van der Waals surface area contributed by atoms with Gasteiger partial charge in [0.25, 0.3) is 0 Å². The summed E-state index contributed by atoms with van der Waals surface area (Å²) in [7, 11) is -3.40. The Morgan fingerprint density at radius 3 is 2.42 bits per heavy atom. The van der Waals surface area contributed by atoms with E-state index in [0.717, 1.165) is 6.26 Å². The number of amides is 1. The van der Waals surface area contributed by atoms with Crippen molar-refractivity contribution in [2.75, 3.05) is 18.1 Å². The highest BCUT2D eigenvalue weighted by atomic mass is 35.5. The minimum absolute atomic E-state index is 0. The monoisotopic (exact) mass is 400 g/mol. The Hall–Kier alpha value is -1.90. The Kier molecular flexibility index (Phi) is 7.37. The summed E-state index contributed by atoms with van der Waals surface area (Å²) in [6.07, 6.45) is 5.50. The molecule has 7 nitrogen and oxygen atoms in total. The van der Waals surface area contributed by atoms with E-state index >= 15 is 0 Å². The fourth-order valence-corrected chi connectivity index (χ4v) is 3.56. The number of hydrogen-bond donors (Lipinski definition) is 2. The number of nitrogens with one attached hydrogen (secondary N) is 1. The molecule has 144 valence electrons. The molecule has 0 saturated carbocycles. The van der Waals surface area contributed by atoms with Crippen LogP contribution in [-0.2, 0) is 14.6 Å². The summed E-state index contributed by atoms with van der Waals surface area (Å²) in [4.78, 5) is 12.8. The zero-order valence-electron chi connectivity index (χ0n) is 15.1. The van der Waals surface area contributed by atoms with E-state index in [1.54, 1.807) is 24.4 Å². The molecule has 26 heavy (non-hydrogen) atoms. The quantitative estimate of drug-likeness (QED) is 0.742. The predicted octanol–water partition coefficient (Wildman–Crippen LogP) is 2.40. The standard InChI is InChI=1S/C17H24N4O3S.ClH/c1-4-17(5-2,12-18)16(22)20-13-10-19-21(11-13)14-8-6-7-9-15(14)25(3,23)24;/h6-11H,4-5,12,18H2,1-3H3,(H,20,22);1H. The molecular weight excluding hydrogens is 376 g/mol. The van der Waals surface area contributed by atoms with Gasteiger partial charge in [0.2, 0.25) is 5.91 Å². The van der Waals surface area contributed by atoms with Crippen molar-refractivity contribution in [1.82, 2.24) is 9.78 Å². The summed E-state index contributed by atoms with van der Waals surface area (Å²) < 4.78 is 25.3. The fraction of sp³-hybridized carbons (Fsp3) is 0.412. The zero-order valence-corrected chi connectivity index (χ0v) is 16.7. The van der Waals surface area contributed by atoms with Crippen LogP contribution in [0.1, 0.15) is 26.7 Å². The molecule has 3 N–H and O–H groups in total. The summed E-state index contributed by atoms with van der Waals surface area (Å²) in [5, 5.41) is 7.01. The summed E-state index contributed by atoms with van der Waals surface area (Å²) in [6.45, 7) is 4.13. The Labute approximate surface area is 160 Å². The molecule has 1 amide bonds. The second-order valence-electron chi connectivity index (χ2n) is 6.06. The molecule has 0 spiro atoms. The molecule has 0 aliphatic rings. The summed E-state index contributed by atoms with van der Waals surface area (Å²) in [5.41, 5.74) is 6.11. The predicted molar refractivity (Wildman–Crippen MR) is 105 cm³/mol. The van der Waals surface area contributed by atoms with Gasteiger partial charge in [-0.05, 0) is 25.0 Å². The molecule has 0 fully saturated rings. The van der Waals surface area contributed by atoms with Crippen LogP contribution in [0.15, 0.2) is 41.6 Å². The normalized spacial score (nSPS) is 11.7. The van der Waals surface area contributed by atoms with Crippen LogP contribution in [0.5, 0.6) is 0 Å². The number of sulfone groups is 1. The van der Waals surface area contributed by atoms with E-state index in [2.05, 4.69) is 10.4 Å². The second-order valence-corrected chi connectivity index (χ2v) is 8.04. The minimum Gasteiger partial charge on any atom is -0.329 e. The maximum Gasteiger partial charge on any atom is 0.231 e. The first-order valence-electron chi connectivity index (χ1n) is 8.13. The number of para-hydroxylation sites is 1. The van der Waals surface area contributed by atoms with Crippen LogP contribution in [0.3, 0.4) is 0 Å². The van der Waals surface area contributed by atoms with E-state index in [1.807, 2.05) is 13.8 Å². The Morgan fingerprint density at radius 1 is 1.27 bits per heavy atom. The third kappa shape index (κ3) is 4.44. The third-order valence-electron chi connectivity index (χ3n) is 4.58. The van der Waals surface area contributed by atoms with Crippen molar-refractivity contribution in [2.24, 2.45) is 11.1 Å². The lowest BCUT2D eigenvalue weighted by Gasteiger charge is -2.28. The number of hydrogen-bond acceptors (Lipinski definition) is 5. The lowest BCUT2D eigenvalue weighted by atomic mass is 9.81. The number of benzene rings is 1. The first kappa shape index (κ1) is 22.1. The van der Waals surface area contributed by atoms with Gasteiger partial charge < -0.3 is 11.1 Å². The average Bonchev–Trinajstić information content (AvgIpc) is 3.04. The Morgan fingerprint density at radius 2 is 1.88 bits per heavy atom. The molecular formula is C17H25ClN4O3S. The van der Waals surface area contributed by atoms with Crippen molar-refractivity contribution in [3.05, 3.63) is 36.7 Å². The summed E-state index contributed by atoms with van der Waals surface area (Å²) in [6, 6.07) is 6.58. The number of nitrogens with zero attached hydrogens (tertiary/aromatic N) is 2. The molecule has 0 radical (unpaired) electrons. The van der Waals surface area contributed by atoms with Gasteiger partial charge in [0, 0.05) is 12.8 Å². The zero-order chi connectivity index (χ0) is 18.7. The lowest BCUT2D eigenvalue weighted by molar-refractivity contribution is -0.125. The topological polar surface area (TPSA) is 107 Å². The number of carbonyl (C=O) groups excluding carboxylic acids is 1. The van der Waals surface area contributed by atoms with Gasteiger partial charge in [-0.1, -0.05) is 26.0 Å². The first-order chi connectivity index (χ1) is 11.8. The summed E-state index contributed by atoms with van der Waals surface area (Å²) in [5.74, 6) is -0.157. The van der Waals surface area contributed by atoms with Gasteiger partial charge in [-0.3, -0.25) is 4.79 Å². The third-order valence-corrected chi connectivity index (χ3v) is 5.72. The largest absolute Gasteiger partial charge is 0.329 e. The van der Waals surface area contributed by atoms with Crippen LogP contribution >= 0.6 is 12.4 Å². The van der Waals surface area contributed by atoms with Gasteiger partial charge in [0.15, 0.2) is 9.84 Å². The number of rotatable bonds is 7. The molecule has 0 aliphatic carbocycles. The van der Waals surface area contributed by atoms with Crippen molar-refractivity contribution in [3.63, 3.8) is 0 Å². The smallest absolute Gasteiger partial charge is 0.231 e. The van der Waals surface area contributed by atoms with Crippen LogP contribution in [0.2, 0.25) is 0 Å². The molecule has 1 aromatic heterocycles. The maximum absolute atomic E-state index is 12.6. The molecule has 9 heteroatoms. The minimum atomic E-state index is -3.40. The van der Waals surface area contributed by atoms with Gasteiger partial charge in [-0.15, -0.1) is 12.4 Å². The van der Waals surface area contributed by atoms with Crippen LogP contribution in [-0.4, -0.2) is 36.9 Å². The number of carbonyl (C=O) groups is 1. The highest BCUT2D eigenvalue weighted by Crippen LogP contribution is 2.27. The lowest BCUT2D eigenvalue weighted by Crippen LogP contribution is -2.41. The average molecular weight is 401 g/mol. The van der Waals surface area contributed by atoms with E-state index in [1.165, 1.54) is 16.9 Å². The SMILES string of the molecule is CCC(CC)(CN)C(=O)Nc1cnn(-c2ccccc2S(C)(=O)=O)c1.Cl. The fourth-order valence-electron chi connectivity index (χ4n) is 2.70. The highest BCUT2D eigenvalue weighted by molar-refractivity contribution is 7.90. The molecule has 1 aromatic carbocycles. The van der Waals surface area contributed by atoms with E-state index < -0.39 is 15.3 Å². The van der Waals surface area contributed by atoms with Crippen molar-refractivity contribution in [1.29, 1.82) is 0 Å². The first-order valence-corrected chi connectivity index (χ1v) is 10.0. The Balaban J connectivity index is 0.00000338. The molecule has 0 bridgehead atoms. The van der Waals surface area contributed by atoms with Crippen molar-refractivity contribution >= 4 is 33.8 Å². The van der Waals surface area contributed by atoms with E-state index in [-0.39, 0.29) is 29.8 Å². The molecule has 0 atom stereocenters. The van der Waals surface area contributed by atoms with Crippen molar-refractivity contribution in [3.8, 4) is 5.69 Å². The van der Waals surface area contributed by atoms with Gasteiger partial charge in [0.05, 0.1) is 34.1 Å².